The van der Waals surface area contributed by atoms with Gasteiger partial charge in [0, 0.05) is 29.5 Å². The van der Waals surface area contributed by atoms with Crippen LogP contribution in [0.1, 0.15) is 11.6 Å². The number of aliphatic hydroxyl groups excluding tert-OH is 1. The van der Waals surface area contributed by atoms with Gasteiger partial charge in [-0.3, -0.25) is 4.68 Å². The fourth-order valence-corrected chi connectivity index (χ4v) is 2.54. The standard InChI is InChI=1S/C12H13BrN6O/c1-19-4-7(2-17-19)9(5-20)18-12-10-8(13)3-14-11(10)15-6-16-12/h2-4,6,9,20H,5H2,1H3,(H2,14,15,16,18). The predicted octanol–water partition coefficient (Wildman–Crippen LogP) is 1.60. The molecule has 0 aliphatic rings. The molecule has 0 amide bonds. The molecule has 8 heteroatoms. The molecule has 0 aromatic carbocycles. The Bertz CT molecular complexity index is 736. The third-order valence-corrected chi connectivity index (χ3v) is 3.67. The summed E-state index contributed by atoms with van der Waals surface area (Å²) in [6.07, 6.45) is 6.87. The van der Waals surface area contributed by atoms with Crippen molar-refractivity contribution in [2.45, 2.75) is 6.04 Å². The first-order valence-electron chi connectivity index (χ1n) is 6.02. The van der Waals surface area contributed by atoms with E-state index in [1.165, 1.54) is 6.33 Å². The lowest BCUT2D eigenvalue weighted by atomic mass is 10.1. The van der Waals surface area contributed by atoms with Crippen molar-refractivity contribution in [2.75, 3.05) is 11.9 Å². The van der Waals surface area contributed by atoms with E-state index < -0.39 is 0 Å². The minimum Gasteiger partial charge on any atom is -0.394 e. The van der Waals surface area contributed by atoms with Crippen molar-refractivity contribution in [1.29, 1.82) is 0 Å². The van der Waals surface area contributed by atoms with E-state index in [0.29, 0.717) is 5.82 Å². The third kappa shape index (κ3) is 2.27. The normalized spacial score (nSPS) is 12.8. The smallest absolute Gasteiger partial charge is 0.144 e. The number of aromatic amines is 1. The number of fused-ring (bicyclic) bond motifs is 1. The molecule has 0 bridgehead atoms. The first kappa shape index (κ1) is 13.1. The molecule has 0 aliphatic carbocycles. The van der Waals surface area contributed by atoms with E-state index in [1.54, 1.807) is 10.9 Å². The molecule has 3 heterocycles. The molecule has 1 atom stereocenters. The number of halogens is 1. The van der Waals surface area contributed by atoms with Crippen LogP contribution in [0.5, 0.6) is 0 Å². The van der Waals surface area contributed by atoms with Crippen LogP contribution < -0.4 is 5.32 Å². The number of nitrogens with one attached hydrogen (secondary N) is 2. The molecule has 7 nitrogen and oxygen atoms in total. The average molecular weight is 337 g/mol. The number of aromatic nitrogens is 5. The number of aliphatic hydroxyl groups is 1. The van der Waals surface area contributed by atoms with Crippen LogP contribution >= 0.6 is 15.9 Å². The lowest BCUT2D eigenvalue weighted by Gasteiger charge is -2.15. The summed E-state index contributed by atoms with van der Waals surface area (Å²) in [7, 11) is 1.84. The molecule has 0 saturated heterocycles. The monoisotopic (exact) mass is 336 g/mol. The van der Waals surface area contributed by atoms with Crippen molar-refractivity contribution in [2.24, 2.45) is 7.05 Å². The SMILES string of the molecule is Cn1cc(C(CO)Nc2ncnc3[nH]cc(Br)c23)cn1. The van der Waals surface area contributed by atoms with Crippen molar-refractivity contribution < 1.29 is 5.11 Å². The largest absolute Gasteiger partial charge is 0.394 e. The van der Waals surface area contributed by atoms with Gasteiger partial charge in [0.2, 0.25) is 0 Å². The molecule has 0 aliphatic heterocycles. The number of hydrogen-bond donors (Lipinski definition) is 3. The minimum atomic E-state index is -0.274. The molecule has 0 fully saturated rings. The highest BCUT2D eigenvalue weighted by Crippen LogP contribution is 2.29. The molecule has 1 unspecified atom stereocenters. The predicted molar refractivity (Wildman–Crippen MR) is 78.2 cm³/mol. The van der Waals surface area contributed by atoms with E-state index in [2.05, 4.69) is 41.3 Å². The Morgan fingerprint density at radius 2 is 2.35 bits per heavy atom. The van der Waals surface area contributed by atoms with E-state index in [4.69, 9.17) is 0 Å². The number of aryl methyl sites for hydroxylation is 1. The summed E-state index contributed by atoms with van der Waals surface area (Å²) in [6, 6.07) is -0.274. The molecule has 3 N–H and O–H groups in total. The highest BCUT2D eigenvalue weighted by Gasteiger charge is 2.16. The van der Waals surface area contributed by atoms with Gasteiger partial charge in [-0.25, -0.2) is 9.97 Å². The molecule has 0 spiro atoms. The van der Waals surface area contributed by atoms with Crippen molar-refractivity contribution in [3.05, 3.63) is 35.0 Å². The van der Waals surface area contributed by atoms with Crippen LogP contribution in [-0.2, 0) is 7.05 Å². The van der Waals surface area contributed by atoms with E-state index in [-0.39, 0.29) is 12.6 Å². The second-order valence-electron chi connectivity index (χ2n) is 4.41. The van der Waals surface area contributed by atoms with E-state index >= 15 is 0 Å². The van der Waals surface area contributed by atoms with Gasteiger partial charge in [-0.2, -0.15) is 5.10 Å². The van der Waals surface area contributed by atoms with E-state index in [0.717, 1.165) is 21.1 Å². The molecule has 3 rings (SSSR count). The van der Waals surface area contributed by atoms with Crippen LogP contribution in [0.2, 0.25) is 0 Å². The minimum absolute atomic E-state index is 0.0563. The van der Waals surface area contributed by atoms with Gasteiger partial charge in [0.15, 0.2) is 0 Å². The summed E-state index contributed by atoms with van der Waals surface area (Å²) in [5.74, 6) is 0.658. The molecule has 3 aromatic rings. The quantitative estimate of drug-likeness (QED) is 0.673. The van der Waals surface area contributed by atoms with Crippen molar-refractivity contribution in [3.8, 4) is 0 Å². The molecule has 3 aromatic heterocycles. The number of hydrogen-bond acceptors (Lipinski definition) is 5. The number of H-pyrrole nitrogens is 1. The van der Waals surface area contributed by atoms with Gasteiger partial charge in [-0.1, -0.05) is 0 Å². The summed E-state index contributed by atoms with van der Waals surface area (Å²) in [5, 5.41) is 17.8. The molecule has 0 radical (unpaired) electrons. The summed E-state index contributed by atoms with van der Waals surface area (Å²) >= 11 is 3.46. The number of rotatable bonds is 4. The summed E-state index contributed by atoms with van der Waals surface area (Å²) in [5.41, 5.74) is 1.63. The zero-order chi connectivity index (χ0) is 14.1. The Hall–Kier alpha value is -1.93. The maximum absolute atomic E-state index is 9.58. The number of anilines is 1. The molecule has 0 saturated carbocycles. The van der Waals surface area contributed by atoms with E-state index in [1.807, 2.05) is 19.4 Å². The molecule has 20 heavy (non-hydrogen) atoms. The Morgan fingerprint density at radius 1 is 1.50 bits per heavy atom. The fourth-order valence-electron chi connectivity index (χ4n) is 2.05. The molecule has 104 valence electrons. The first-order chi connectivity index (χ1) is 9.69. The van der Waals surface area contributed by atoms with Crippen LogP contribution in [0.3, 0.4) is 0 Å². The highest BCUT2D eigenvalue weighted by atomic mass is 79.9. The summed E-state index contributed by atoms with van der Waals surface area (Å²) in [6.45, 7) is -0.0563. The maximum atomic E-state index is 9.58. The van der Waals surface area contributed by atoms with Gasteiger partial charge < -0.3 is 15.4 Å². The van der Waals surface area contributed by atoms with Crippen molar-refractivity contribution in [3.63, 3.8) is 0 Å². The van der Waals surface area contributed by atoms with Crippen LogP contribution in [0.15, 0.2) is 29.4 Å². The van der Waals surface area contributed by atoms with Crippen LogP contribution in [0, 0.1) is 0 Å². The van der Waals surface area contributed by atoms with Gasteiger partial charge in [-0.05, 0) is 15.9 Å². The van der Waals surface area contributed by atoms with Gasteiger partial charge in [0.05, 0.1) is 24.2 Å². The second-order valence-corrected chi connectivity index (χ2v) is 5.26. The van der Waals surface area contributed by atoms with Gasteiger partial charge in [0.25, 0.3) is 0 Å². The lowest BCUT2D eigenvalue weighted by Crippen LogP contribution is -2.15. The molecular formula is C12H13BrN6O. The Morgan fingerprint density at radius 3 is 3.05 bits per heavy atom. The van der Waals surface area contributed by atoms with Gasteiger partial charge >= 0.3 is 0 Å². The van der Waals surface area contributed by atoms with Crippen molar-refractivity contribution in [1.82, 2.24) is 24.7 Å². The highest BCUT2D eigenvalue weighted by molar-refractivity contribution is 9.10. The zero-order valence-corrected chi connectivity index (χ0v) is 12.3. The van der Waals surface area contributed by atoms with E-state index in [9.17, 15) is 5.11 Å². The average Bonchev–Trinajstić information content (AvgIpc) is 3.03. The summed E-state index contributed by atoms with van der Waals surface area (Å²) in [4.78, 5) is 11.5. The molecular weight excluding hydrogens is 324 g/mol. The van der Waals surface area contributed by atoms with Crippen LogP contribution in [0.4, 0.5) is 5.82 Å². The maximum Gasteiger partial charge on any atom is 0.144 e. The first-order valence-corrected chi connectivity index (χ1v) is 6.82. The van der Waals surface area contributed by atoms with Crippen LogP contribution in [-0.4, -0.2) is 36.4 Å². The zero-order valence-electron chi connectivity index (χ0n) is 10.7. The van der Waals surface area contributed by atoms with Crippen LogP contribution in [0.25, 0.3) is 11.0 Å². The number of nitrogens with zero attached hydrogens (tertiary/aromatic N) is 4. The van der Waals surface area contributed by atoms with Gasteiger partial charge in [0.1, 0.15) is 17.8 Å². The third-order valence-electron chi connectivity index (χ3n) is 3.04. The fraction of sp³-hybridized carbons (Fsp3) is 0.250. The topological polar surface area (TPSA) is 91.6 Å². The van der Waals surface area contributed by atoms with Gasteiger partial charge in [-0.15, -0.1) is 0 Å². The Labute approximate surface area is 123 Å². The second kappa shape index (κ2) is 5.22. The Balaban J connectivity index is 1.97. The Kier molecular flexibility index (Phi) is 3.41. The summed E-state index contributed by atoms with van der Waals surface area (Å²) < 4.78 is 2.57. The van der Waals surface area contributed by atoms with Crippen molar-refractivity contribution >= 4 is 32.8 Å². The lowest BCUT2D eigenvalue weighted by molar-refractivity contribution is 0.276.